The van der Waals surface area contributed by atoms with E-state index in [9.17, 15) is 14.4 Å². The van der Waals surface area contributed by atoms with Crippen LogP contribution in [0.2, 0.25) is 10.0 Å². The van der Waals surface area contributed by atoms with Crippen LogP contribution in [-0.4, -0.2) is 60.8 Å². The molecule has 9 heteroatoms. The second kappa shape index (κ2) is 13.0. The van der Waals surface area contributed by atoms with E-state index in [4.69, 9.17) is 27.9 Å². The zero-order valence-electron chi connectivity index (χ0n) is 22.9. The summed E-state index contributed by atoms with van der Waals surface area (Å²) in [6.07, 6.45) is 1.74. The van der Waals surface area contributed by atoms with Gasteiger partial charge >= 0.3 is 0 Å². The largest absolute Gasteiger partial charge is 0.497 e. The van der Waals surface area contributed by atoms with Crippen LogP contribution in [0.3, 0.4) is 0 Å². The molecule has 3 aromatic rings. The minimum Gasteiger partial charge on any atom is -0.497 e. The van der Waals surface area contributed by atoms with Crippen molar-refractivity contribution in [1.29, 1.82) is 0 Å². The van der Waals surface area contributed by atoms with Crippen molar-refractivity contribution in [1.82, 2.24) is 15.1 Å². The summed E-state index contributed by atoms with van der Waals surface area (Å²) >= 11 is 12.7. The van der Waals surface area contributed by atoms with Crippen LogP contribution >= 0.6 is 23.2 Å². The van der Waals surface area contributed by atoms with E-state index in [0.29, 0.717) is 53.1 Å². The molecule has 5 rings (SSSR count). The third kappa shape index (κ3) is 6.85. The minimum absolute atomic E-state index is 0.0707. The topological polar surface area (TPSA) is 79.0 Å². The smallest absolute Gasteiger partial charge is 0.254 e. The molecule has 2 heterocycles. The number of fused-ring (bicyclic) bond motifs is 1. The quantitative estimate of drug-likeness (QED) is 0.397. The number of hydrogen-bond acceptors (Lipinski definition) is 4. The number of amides is 3. The number of hydrogen-bond donors (Lipinski definition) is 1. The van der Waals surface area contributed by atoms with Crippen LogP contribution in [-0.2, 0) is 16.0 Å². The van der Waals surface area contributed by atoms with E-state index in [0.717, 1.165) is 18.4 Å². The van der Waals surface area contributed by atoms with Crippen molar-refractivity contribution < 1.29 is 19.1 Å². The highest BCUT2D eigenvalue weighted by Gasteiger charge is 2.40. The Hall–Kier alpha value is -3.55. The van der Waals surface area contributed by atoms with Crippen molar-refractivity contribution in [2.45, 2.75) is 25.3 Å². The van der Waals surface area contributed by atoms with Gasteiger partial charge in [-0.3, -0.25) is 14.4 Å². The van der Waals surface area contributed by atoms with Crippen molar-refractivity contribution >= 4 is 40.9 Å². The van der Waals surface area contributed by atoms with E-state index in [1.165, 1.54) is 0 Å². The Kier molecular flexibility index (Phi) is 9.15. The van der Waals surface area contributed by atoms with E-state index >= 15 is 0 Å². The van der Waals surface area contributed by atoms with E-state index in [2.05, 4.69) is 5.32 Å². The summed E-state index contributed by atoms with van der Waals surface area (Å²) in [5.74, 6) is 0.598. The van der Waals surface area contributed by atoms with E-state index in [-0.39, 0.29) is 36.0 Å². The molecule has 0 aliphatic carbocycles. The van der Waals surface area contributed by atoms with Gasteiger partial charge in [-0.25, -0.2) is 0 Å². The van der Waals surface area contributed by atoms with E-state index in [1.54, 1.807) is 43.5 Å². The van der Waals surface area contributed by atoms with Gasteiger partial charge in [0.15, 0.2) is 0 Å². The monoisotopic (exact) mass is 593 g/mol. The second-order valence-corrected chi connectivity index (χ2v) is 11.5. The maximum absolute atomic E-state index is 13.9. The van der Waals surface area contributed by atoms with Crippen molar-refractivity contribution in [2.24, 2.45) is 11.8 Å². The van der Waals surface area contributed by atoms with Gasteiger partial charge in [-0.1, -0.05) is 71.7 Å². The molecular weight excluding hydrogens is 561 g/mol. The lowest BCUT2D eigenvalue weighted by atomic mass is 9.92. The summed E-state index contributed by atoms with van der Waals surface area (Å²) in [7, 11) is 1.55. The first kappa shape index (κ1) is 29.0. The van der Waals surface area contributed by atoms with E-state index < -0.39 is 6.04 Å². The molecule has 7 nitrogen and oxygen atoms in total. The van der Waals surface area contributed by atoms with Gasteiger partial charge in [0.05, 0.1) is 13.5 Å². The standard InChI is InChI=1S/C32H33Cl2N3O4/c1-41-26-17-24(16-25(33)18-26)31(39)36-13-11-22-19-37(20-23(22)12-14-36)32(40)30(27-9-5-6-10-28(27)34)35-29(38)15-21-7-3-2-4-8-21/h2-10,16-18,22-23,30H,11-15,19-20H2,1H3,(H,35,38)/t22-,23+,30?. The number of carbonyl (C=O) groups excluding carboxylic acids is 3. The van der Waals surface area contributed by atoms with Crippen molar-refractivity contribution in [2.75, 3.05) is 33.3 Å². The highest BCUT2D eigenvalue weighted by Crippen LogP contribution is 2.35. The summed E-state index contributed by atoms with van der Waals surface area (Å²) in [5, 5.41) is 3.85. The number of nitrogens with zero attached hydrogens (tertiary/aromatic N) is 2. The van der Waals surface area contributed by atoms with Crippen molar-refractivity contribution in [3.8, 4) is 5.75 Å². The van der Waals surface area contributed by atoms with Crippen molar-refractivity contribution in [3.05, 3.63) is 99.5 Å². The van der Waals surface area contributed by atoms with Gasteiger partial charge in [-0.15, -0.1) is 0 Å². The van der Waals surface area contributed by atoms with Crippen LogP contribution in [0.5, 0.6) is 5.75 Å². The second-order valence-electron chi connectivity index (χ2n) is 10.7. The molecule has 2 aliphatic heterocycles. The first-order valence-electron chi connectivity index (χ1n) is 13.8. The Bertz CT molecular complexity index is 1400. The number of carbonyl (C=O) groups is 3. The molecule has 3 aromatic carbocycles. The fourth-order valence-electron chi connectivity index (χ4n) is 5.88. The number of nitrogens with one attached hydrogen (secondary N) is 1. The van der Waals surface area contributed by atoms with Crippen LogP contribution in [0.1, 0.15) is 40.4 Å². The SMILES string of the molecule is COc1cc(Cl)cc(C(=O)N2CC[C@@H]3CN(C(=O)C(NC(=O)Cc4ccccc4)c4ccccc4Cl)C[C@@H]3CC2)c1. The zero-order valence-corrected chi connectivity index (χ0v) is 24.4. The predicted molar refractivity (Wildman–Crippen MR) is 159 cm³/mol. The average Bonchev–Trinajstić information content (AvgIpc) is 3.28. The molecule has 0 saturated carbocycles. The Morgan fingerprint density at radius 3 is 2.22 bits per heavy atom. The normalized spacial score (nSPS) is 19.2. The Balaban J connectivity index is 1.26. The molecule has 1 unspecified atom stereocenters. The van der Waals surface area contributed by atoms with Gasteiger partial charge in [0, 0.05) is 47.4 Å². The highest BCUT2D eigenvalue weighted by molar-refractivity contribution is 6.31. The van der Waals surface area contributed by atoms with Crippen LogP contribution in [0.25, 0.3) is 0 Å². The fraction of sp³-hybridized carbons (Fsp3) is 0.344. The molecule has 0 aromatic heterocycles. The molecule has 0 spiro atoms. The van der Waals surface area contributed by atoms with Crippen LogP contribution in [0.15, 0.2) is 72.8 Å². The average molecular weight is 595 g/mol. The zero-order chi connectivity index (χ0) is 28.9. The highest BCUT2D eigenvalue weighted by atomic mass is 35.5. The Morgan fingerprint density at radius 2 is 1.56 bits per heavy atom. The van der Waals surface area contributed by atoms with E-state index in [1.807, 2.05) is 46.2 Å². The summed E-state index contributed by atoms with van der Waals surface area (Å²) in [4.78, 5) is 43.9. The number of halogens is 2. The maximum Gasteiger partial charge on any atom is 0.254 e. The van der Waals surface area contributed by atoms with Gasteiger partial charge in [-0.2, -0.15) is 0 Å². The lowest BCUT2D eigenvalue weighted by Crippen LogP contribution is -2.43. The number of methoxy groups -OCH3 is 1. The lowest BCUT2D eigenvalue weighted by molar-refractivity contribution is -0.136. The van der Waals surface area contributed by atoms with Crippen molar-refractivity contribution in [3.63, 3.8) is 0 Å². The minimum atomic E-state index is -0.877. The number of ether oxygens (including phenoxy) is 1. The number of likely N-dealkylation sites (tertiary alicyclic amines) is 2. The molecule has 2 fully saturated rings. The Morgan fingerprint density at radius 1 is 0.902 bits per heavy atom. The molecule has 3 atom stereocenters. The Labute approximate surface area is 250 Å². The fourth-order valence-corrected chi connectivity index (χ4v) is 6.35. The summed E-state index contributed by atoms with van der Waals surface area (Å²) in [5.41, 5.74) is 1.96. The van der Waals surface area contributed by atoms with Gasteiger partial charge in [0.2, 0.25) is 11.8 Å². The van der Waals surface area contributed by atoms with Gasteiger partial charge in [-0.05, 0) is 54.5 Å². The first-order chi connectivity index (χ1) is 19.8. The molecule has 0 radical (unpaired) electrons. The number of rotatable bonds is 7. The lowest BCUT2D eigenvalue weighted by Gasteiger charge is -2.26. The molecule has 2 aliphatic rings. The summed E-state index contributed by atoms with van der Waals surface area (Å²) in [6.45, 7) is 2.34. The molecule has 3 amide bonds. The predicted octanol–water partition coefficient (Wildman–Crippen LogP) is 5.41. The summed E-state index contributed by atoms with van der Waals surface area (Å²) < 4.78 is 5.28. The molecule has 1 N–H and O–H groups in total. The third-order valence-electron chi connectivity index (χ3n) is 8.04. The molecular formula is C32H33Cl2N3O4. The van der Waals surface area contributed by atoms with Crippen LogP contribution < -0.4 is 10.1 Å². The first-order valence-corrected chi connectivity index (χ1v) is 14.6. The molecule has 214 valence electrons. The maximum atomic E-state index is 13.9. The van der Waals surface area contributed by atoms with Crippen LogP contribution in [0, 0.1) is 11.8 Å². The van der Waals surface area contributed by atoms with Gasteiger partial charge < -0.3 is 19.9 Å². The van der Waals surface area contributed by atoms with Gasteiger partial charge in [0.25, 0.3) is 5.91 Å². The molecule has 41 heavy (non-hydrogen) atoms. The molecule has 2 saturated heterocycles. The third-order valence-corrected chi connectivity index (χ3v) is 8.61. The molecule has 0 bridgehead atoms. The van der Waals surface area contributed by atoms with Gasteiger partial charge in [0.1, 0.15) is 11.8 Å². The number of benzene rings is 3. The summed E-state index contributed by atoms with van der Waals surface area (Å²) in [6, 6.07) is 20.8. The van der Waals surface area contributed by atoms with Crippen LogP contribution in [0.4, 0.5) is 0 Å².